The third-order valence-electron chi connectivity index (χ3n) is 4.01. The second-order valence-electron chi connectivity index (χ2n) is 5.33. The van der Waals surface area contributed by atoms with Crippen molar-refractivity contribution in [2.24, 2.45) is 11.7 Å². The molecule has 0 saturated heterocycles. The van der Waals surface area contributed by atoms with Crippen LogP contribution in [-0.4, -0.2) is 17.6 Å². The number of rotatable bonds is 3. The first-order valence-electron chi connectivity index (χ1n) is 6.85. The summed E-state index contributed by atoms with van der Waals surface area (Å²) in [6.45, 7) is 0.829. The molecule has 1 heterocycles. The molecule has 6 heteroatoms. The molecular formula is C15H21Cl2N3O. The molecule has 1 fully saturated rings. The second-order valence-corrected chi connectivity index (χ2v) is 5.33. The van der Waals surface area contributed by atoms with Gasteiger partial charge in [-0.2, -0.15) is 0 Å². The van der Waals surface area contributed by atoms with Crippen LogP contribution in [0.2, 0.25) is 0 Å². The Labute approximate surface area is 136 Å². The number of halogens is 2. The van der Waals surface area contributed by atoms with E-state index < -0.39 is 0 Å². The zero-order valence-corrected chi connectivity index (χ0v) is 13.3. The van der Waals surface area contributed by atoms with Gasteiger partial charge in [-0.05, 0) is 30.9 Å². The minimum atomic E-state index is 0. The monoisotopic (exact) mass is 329 g/mol. The quantitative estimate of drug-likeness (QED) is 0.810. The number of fused-ring (bicyclic) bond motifs is 1. The molecule has 1 aliphatic carbocycles. The van der Waals surface area contributed by atoms with Gasteiger partial charge in [-0.1, -0.05) is 18.6 Å². The van der Waals surface area contributed by atoms with Crippen LogP contribution in [0.1, 0.15) is 19.3 Å². The van der Waals surface area contributed by atoms with Gasteiger partial charge in [0, 0.05) is 24.0 Å². The Morgan fingerprint density at radius 3 is 2.71 bits per heavy atom. The lowest BCUT2D eigenvalue weighted by Gasteiger charge is -2.16. The summed E-state index contributed by atoms with van der Waals surface area (Å²) in [6, 6.07) is 9.48. The Bertz CT molecular complexity index is 644. The van der Waals surface area contributed by atoms with E-state index in [1.165, 1.54) is 12.8 Å². The lowest BCUT2D eigenvalue weighted by atomic mass is 10.1. The molecule has 1 unspecified atom stereocenters. The predicted molar refractivity (Wildman–Crippen MR) is 92.9 cm³/mol. The van der Waals surface area contributed by atoms with Crippen LogP contribution in [-0.2, 0) is 0 Å². The highest BCUT2D eigenvalue weighted by Crippen LogP contribution is 2.24. The number of para-hydroxylation sites is 1. The topological polar surface area (TPSA) is 70.9 Å². The van der Waals surface area contributed by atoms with E-state index >= 15 is 0 Å². The summed E-state index contributed by atoms with van der Waals surface area (Å²) in [4.78, 5) is 15.2. The highest BCUT2D eigenvalue weighted by atomic mass is 35.5. The van der Waals surface area contributed by atoms with E-state index in [1.807, 2.05) is 24.3 Å². The maximum atomic E-state index is 12.0. The van der Waals surface area contributed by atoms with Gasteiger partial charge in [0.25, 0.3) is 0 Å². The molecule has 1 aliphatic rings. The fourth-order valence-electron chi connectivity index (χ4n) is 2.85. The highest BCUT2D eigenvalue weighted by molar-refractivity contribution is 5.85. The van der Waals surface area contributed by atoms with Crippen molar-refractivity contribution in [3.63, 3.8) is 0 Å². The molecule has 0 radical (unpaired) electrons. The van der Waals surface area contributed by atoms with Crippen LogP contribution in [0.25, 0.3) is 10.9 Å². The first-order valence-corrected chi connectivity index (χ1v) is 6.85. The Morgan fingerprint density at radius 1 is 1.24 bits per heavy atom. The van der Waals surface area contributed by atoms with Gasteiger partial charge in [0.15, 0.2) is 5.43 Å². The molecule has 0 amide bonds. The van der Waals surface area contributed by atoms with Crippen LogP contribution in [0, 0.1) is 5.92 Å². The number of hydrogen-bond donors (Lipinski definition) is 3. The summed E-state index contributed by atoms with van der Waals surface area (Å²) in [5, 5.41) is 4.04. The summed E-state index contributed by atoms with van der Waals surface area (Å²) in [5.74, 6) is 1.29. The van der Waals surface area contributed by atoms with Gasteiger partial charge in [0.1, 0.15) is 5.82 Å². The number of aromatic amines is 1. The van der Waals surface area contributed by atoms with Crippen molar-refractivity contribution in [3.8, 4) is 0 Å². The smallest absolute Gasteiger partial charge is 0.191 e. The van der Waals surface area contributed by atoms with E-state index in [4.69, 9.17) is 5.73 Å². The van der Waals surface area contributed by atoms with Crippen molar-refractivity contribution in [2.75, 3.05) is 11.9 Å². The molecule has 0 bridgehead atoms. The zero-order valence-electron chi connectivity index (χ0n) is 11.7. The average Bonchev–Trinajstić information content (AvgIpc) is 2.82. The van der Waals surface area contributed by atoms with Crippen LogP contribution in [0.4, 0.5) is 5.82 Å². The maximum Gasteiger partial charge on any atom is 0.191 e. The summed E-state index contributed by atoms with van der Waals surface area (Å²) in [7, 11) is 0. The lowest BCUT2D eigenvalue weighted by molar-refractivity contribution is 0.504. The van der Waals surface area contributed by atoms with Crippen molar-refractivity contribution in [1.82, 2.24) is 4.98 Å². The van der Waals surface area contributed by atoms with Gasteiger partial charge < -0.3 is 16.0 Å². The van der Waals surface area contributed by atoms with E-state index in [9.17, 15) is 4.79 Å². The Kier molecular flexibility index (Phi) is 6.52. The fourth-order valence-corrected chi connectivity index (χ4v) is 2.85. The first kappa shape index (κ1) is 17.8. The van der Waals surface area contributed by atoms with Gasteiger partial charge in [-0.25, -0.2) is 0 Å². The predicted octanol–water partition coefficient (Wildman–Crippen LogP) is 2.91. The standard InChI is InChI=1S/C15H19N3O.2ClH/c16-12-6-3-4-10(12)9-17-15-8-14(19)11-5-1-2-7-13(11)18-15;;/h1-2,5,7-8,10,12H,3-4,6,9,16H2,(H2,17,18,19);2*1H/t10?,12-;;/m1../s1. The zero-order chi connectivity index (χ0) is 13.2. The van der Waals surface area contributed by atoms with Gasteiger partial charge >= 0.3 is 0 Å². The first-order chi connectivity index (χ1) is 9.24. The van der Waals surface area contributed by atoms with Crippen molar-refractivity contribution in [1.29, 1.82) is 0 Å². The number of aromatic nitrogens is 1. The van der Waals surface area contributed by atoms with Crippen molar-refractivity contribution in [3.05, 3.63) is 40.6 Å². The normalized spacial score (nSPS) is 20.6. The number of anilines is 1. The molecule has 4 N–H and O–H groups in total. The minimum Gasteiger partial charge on any atom is -0.371 e. The summed E-state index contributed by atoms with van der Waals surface area (Å²) < 4.78 is 0. The maximum absolute atomic E-state index is 12.0. The summed E-state index contributed by atoms with van der Waals surface area (Å²) in [5.41, 5.74) is 6.97. The largest absolute Gasteiger partial charge is 0.371 e. The molecule has 2 atom stereocenters. The molecule has 1 aromatic carbocycles. The van der Waals surface area contributed by atoms with Crippen LogP contribution in [0.15, 0.2) is 35.1 Å². The number of hydrogen-bond acceptors (Lipinski definition) is 3. The van der Waals surface area contributed by atoms with Crippen LogP contribution >= 0.6 is 24.8 Å². The Morgan fingerprint density at radius 2 is 2.00 bits per heavy atom. The van der Waals surface area contributed by atoms with Gasteiger partial charge in [0.05, 0.1) is 5.52 Å². The lowest BCUT2D eigenvalue weighted by Crippen LogP contribution is -2.30. The van der Waals surface area contributed by atoms with Crippen molar-refractivity contribution in [2.45, 2.75) is 25.3 Å². The van der Waals surface area contributed by atoms with Crippen molar-refractivity contribution >= 4 is 41.5 Å². The Hall–Kier alpha value is -1.23. The van der Waals surface area contributed by atoms with Gasteiger partial charge in [0.2, 0.25) is 0 Å². The molecular weight excluding hydrogens is 309 g/mol. The molecule has 1 saturated carbocycles. The number of nitrogens with two attached hydrogens (primary N) is 1. The molecule has 3 rings (SSSR count). The highest BCUT2D eigenvalue weighted by Gasteiger charge is 2.23. The molecule has 0 spiro atoms. The molecule has 2 aromatic rings. The SMILES string of the molecule is Cl.Cl.N[C@@H]1CCCC1CNc1cc(=O)c2ccccc2[nH]1. The average molecular weight is 330 g/mol. The number of H-pyrrole nitrogens is 1. The molecule has 1 aromatic heterocycles. The van der Waals surface area contributed by atoms with E-state index in [-0.39, 0.29) is 30.2 Å². The summed E-state index contributed by atoms with van der Waals surface area (Å²) >= 11 is 0. The third-order valence-corrected chi connectivity index (χ3v) is 4.01. The number of pyridine rings is 1. The molecule has 0 aliphatic heterocycles. The van der Waals surface area contributed by atoms with E-state index in [0.29, 0.717) is 12.0 Å². The minimum absolute atomic E-state index is 0. The van der Waals surface area contributed by atoms with Gasteiger partial charge in [-0.15, -0.1) is 24.8 Å². The number of benzene rings is 1. The van der Waals surface area contributed by atoms with Crippen LogP contribution in [0.5, 0.6) is 0 Å². The van der Waals surface area contributed by atoms with Crippen molar-refractivity contribution < 1.29 is 0 Å². The van der Waals surface area contributed by atoms with Gasteiger partial charge in [-0.3, -0.25) is 4.79 Å². The molecule has 116 valence electrons. The van der Waals surface area contributed by atoms with Crippen LogP contribution in [0.3, 0.4) is 0 Å². The fraction of sp³-hybridized carbons (Fsp3) is 0.400. The second kappa shape index (κ2) is 7.69. The van der Waals surface area contributed by atoms with Crippen LogP contribution < -0.4 is 16.5 Å². The molecule has 4 nitrogen and oxygen atoms in total. The summed E-state index contributed by atoms with van der Waals surface area (Å²) in [6.07, 6.45) is 3.49. The van der Waals surface area contributed by atoms with E-state index in [1.54, 1.807) is 6.07 Å². The Balaban J connectivity index is 0.00000110. The number of nitrogens with one attached hydrogen (secondary N) is 2. The third kappa shape index (κ3) is 3.90. The molecule has 21 heavy (non-hydrogen) atoms. The van der Waals surface area contributed by atoms with E-state index in [0.717, 1.165) is 29.7 Å². The van der Waals surface area contributed by atoms with E-state index in [2.05, 4.69) is 10.3 Å².